The summed E-state index contributed by atoms with van der Waals surface area (Å²) in [7, 11) is 1.73. The number of nitrogens with one attached hydrogen (secondary N) is 2. The molecule has 1 aliphatic heterocycles. The number of guanidine groups is 1. The number of benzene rings is 1. The van der Waals surface area contributed by atoms with Crippen LogP contribution in [0.25, 0.3) is 0 Å². The second-order valence-electron chi connectivity index (χ2n) is 6.75. The van der Waals surface area contributed by atoms with Crippen molar-refractivity contribution in [1.29, 1.82) is 0 Å². The first-order valence-corrected chi connectivity index (χ1v) is 9.69. The monoisotopic (exact) mass is 381 g/mol. The molecule has 6 nitrogen and oxygen atoms in total. The van der Waals surface area contributed by atoms with E-state index in [0.29, 0.717) is 24.2 Å². The summed E-state index contributed by atoms with van der Waals surface area (Å²) >= 11 is 0. The average Bonchev–Trinajstić information content (AvgIpc) is 2.67. The Kier molecular flexibility index (Phi) is 9.94. The first kappa shape index (κ1) is 21.4. The number of hydrogen-bond donors (Lipinski definition) is 2. The molecule has 0 bridgehead atoms. The molecule has 1 heterocycles. The van der Waals surface area contributed by atoms with Crippen LogP contribution in [0.1, 0.15) is 26.2 Å². The van der Waals surface area contributed by atoms with Gasteiger partial charge in [0.2, 0.25) is 0 Å². The molecule has 1 aromatic carbocycles. The molecule has 0 spiro atoms. The first-order chi connectivity index (χ1) is 13.2. The predicted octanol–water partition coefficient (Wildman–Crippen LogP) is 2.59. The van der Waals surface area contributed by atoms with Crippen molar-refractivity contribution in [2.24, 2.45) is 10.9 Å². The summed E-state index contributed by atoms with van der Waals surface area (Å²) in [6.45, 7) is 6.56. The van der Waals surface area contributed by atoms with E-state index in [1.807, 2.05) is 6.92 Å². The van der Waals surface area contributed by atoms with E-state index in [4.69, 9.17) is 14.2 Å². The Morgan fingerprint density at radius 3 is 2.89 bits per heavy atom. The van der Waals surface area contributed by atoms with Crippen molar-refractivity contribution in [1.82, 2.24) is 10.6 Å². The average molecular weight is 381 g/mol. The van der Waals surface area contributed by atoms with E-state index in [-0.39, 0.29) is 11.9 Å². The molecule has 1 saturated heterocycles. The maximum absolute atomic E-state index is 13.2. The molecule has 1 unspecified atom stereocenters. The Bertz CT molecular complexity index is 565. The number of ether oxygens (including phenoxy) is 3. The van der Waals surface area contributed by atoms with Gasteiger partial charge in [0.15, 0.2) is 5.96 Å². The van der Waals surface area contributed by atoms with Crippen molar-refractivity contribution >= 4 is 5.96 Å². The molecule has 1 atom stereocenters. The minimum atomic E-state index is -0.302. The van der Waals surface area contributed by atoms with Gasteiger partial charge in [-0.2, -0.15) is 0 Å². The van der Waals surface area contributed by atoms with E-state index in [0.717, 1.165) is 52.2 Å². The zero-order chi connectivity index (χ0) is 19.3. The standard InChI is InChI=1S/C20H32FN3O3/c1-16(27-19-6-3-5-18(21)13-19)14-24-20(22-2)23-9-4-10-26-15-17-7-11-25-12-8-17/h3,5-6,13,16-17H,4,7-12,14-15H2,1-2H3,(H2,22,23,24). The summed E-state index contributed by atoms with van der Waals surface area (Å²) in [5, 5.41) is 6.47. The summed E-state index contributed by atoms with van der Waals surface area (Å²) in [5.41, 5.74) is 0. The smallest absolute Gasteiger partial charge is 0.191 e. The van der Waals surface area contributed by atoms with Crippen LogP contribution in [-0.2, 0) is 9.47 Å². The molecule has 2 rings (SSSR count). The van der Waals surface area contributed by atoms with E-state index < -0.39 is 0 Å². The molecule has 7 heteroatoms. The molecule has 0 saturated carbocycles. The summed E-state index contributed by atoms with van der Waals surface area (Å²) in [4.78, 5) is 4.20. The van der Waals surface area contributed by atoms with Crippen molar-refractivity contribution in [3.63, 3.8) is 0 Å². The topological polar surface area (TPSA) is 64.1 Å². The highest BCUT2D eigenvalue weighted by Gasteiger charge is 2.13. The van der Waals surface area contributed by atoms with Crippen molar-refractivity contribution in [2.75, 3.05) is 46.6 Å². The number of aliphatic imine (C=N–C) groups is 1. The van der Waals surface area contributed by atoms with Crippen LogP contribution < -0.4 is 15.4 Å². The molecular formula is C20H32FN3O3. The van der Waals surface area contributed by atoms with E-state index >= 15 is 0 Å². The molecule has 0 aromatic heterocycles. The highest BCUT2D eigenvalue weighted by Crippen LogP contribution is 2.15. The van der Waals surface area contributed by atoms with Gasteiger partial charge in [0.05, 0.1) is 6.54 Å². The van der Waals surface area contributed by atoms with Crippen LogP contribution >= 0.6 is 0 Å². The van der Waals surface area contributed by atoms with Crippen LogP contribution in [0, 0.1) is 11.7 Å². The third-order valence-corrected chi connectivity index (χ3v) is 4.37. The van der Waals surface area contributed by atoms with Gasteiger partial charge in [0, 0.05) is 46.1 Å². The Labute approximate surface area is 161 Å². The Morgan fingerprint density at radius 1 is 1.33 bits per heavy atom. The number of nitrogens with zero attached hydrogens (tertiary/aromatic N) is 1. The molecule has 1 aliphatic rings. The second kappa shape index (κ2) is 12.5. The van der Waals surface area contributed by atoms with Crippen molar-refractivity contribution in [2.45, 2.75) is 32.3 Å². The van der Waals surface area contributed by atoms with Crippen LogP contribution in [0.3, 0.4) is 0 Å². The fourth-order valence-electron chi connectivity index (χ4n) is 2.82. The van der Waals surface area contributed by atoms with Crippen molar-refractivity contribution in [3.05, 3.63) is 30.1 Å². The molecule has 2 N–H and O–H groups in total. The SMILES string of the molecule is CN=C(NCCCOCC1CCOCC1)NCC(C)Oc1cccc(F)c1. The molecule has 152 valence electrons. The zero-order valence-electron chi connectivity index (χ0n) is 16.4. The lowest BCUT2D eigenvalue weighted by atomic mass is 10.0. The fourth-order valence-corrected chi connectivity index (χ4v) is 2.82. The number of halogens is 1. The molecule has 1 aromatic rings. The van der Waals surface area contributed by atoms with Crippen molar-refractivity contribution < 1.29 is 18.6 Å². The molecule has 0 radical (unpaired) electrons. The van der Waals surface area contributed by atoms with Gasteiger partial charge in [-0.15, -0.1) is 0 Å². The lowest BCUT2D eigenvalue weighted by molar-refractivity contribution is 0.0203. The Morgan fingerprint density at radius 2 is 2.15 bits per heavy atom. The summed E-state index contributed by atoms with van der Waals surface area (Å²) in [6.07, 6.45) is 3.00. The van der Waals surface area contributed by atoms with E-state index in [1.54, 1.807) is 19.2 Å². The van der Waals surface area contributed by atoms with Gasteiger partial charge in [-0.1, -0.05) is 6.07 Å². The van der Waals surface area contributed by atoms with Gasteiger partial charge in [-0.3, -0.25) is 4.99 Å². The van der Waals surface area contributed by atoms with Gasteiger partial charge >= 0.3 is 0 Å². The lowest BCUT2D eigenvalue weighted by Crippen LogP contribution is -2.42. The van der Waals surface area contributed by atoms with Gasteiger partial charge in [0.1, 0.15) is 17.7 Å². The second-order valence-corrected chi connectivity index (χ2v) is 6.75. The van der Waals surface area contributed by atoms with Crippen LogP contribution in [0.4, 0.5) is 4.39 Å². The number of rotatable bonds is 10. The highest BCUT2D eigenvalue weighted by atomic mass is 19.1. The van der Waals surface area contributed by atoms with E-state index in [9.17, 15) is 4.39 Å². The maximum atomic E-state index is 13.2. The quantitative estimate of drug-likeness (QED) is 0.371. The first-order valence-electron chi connectivity index (χ1n) is 9.69. The van der Waals surface area contributed by atoms with Gasteiger partial charge in [-0.25, -0.2) is 4.39 Å². The van der Waals surface area contributed by atoms with Crippen LogP contribution in [-0.4, -0.2) is 58.6 Å². The maximum Gasteiger partial charge on any atom is 0.191 e. The molecule has 0 aliphatic carbocycles. The Balaban J connectivity index is 1.53. The largest absolute Gasteiger partial charge is 0.489 e. The van der Waals surface area contributed by atoms with Gasteiger partial charge in [0.25, 0.3) is 0 Å². The fraction of sp³-hybridized carbons (Fsp3) is 0.650. The summed E-state index contributed by atoms with van der Waals surface area (Å²) in [5.74, 6) is 1.58. The third kappa shape index (κ3) is 9.06. The Hall–Kier alpha value is -1.86. The minimum absolute atomic E-state index is 0.117. The summed E-state index contributed by atoms with van der Waals surface area (Å²) < 4.78 is 30.0. The highest BCUT2D eigenvalue weighted by molar-refractivity contribution is 5.79. The lowest BCUT2D eigenvalue weighted by Gasteiger charge is -2.21. The molecule has 27 heavy (non-hydrogen) atoms. The van der Waals surface area contributed by atoms with Gasteiger partial charge in [-0.05, 0) is 44.2 Å². The van der Waals surface area contributed by atoms with Crippen LogP contribution in [0.15, 0.2) is 29.3 Å². The predicted molar refractivity (Wildman–Crippen MR) is 105 cm³/mol. The normalized spacial score (nSPS) is 16.8. The molecule has 0 amide bonds. The summed E-state index contributed by atoms with van der Waals surface area (Å²) in [6, 6.07) is 6.15. The van der Waals surface area contributed by atoms with Crippen LogP contribution in [0.5, 0.6) is 5.75 Å². The van der Waals surface area contributed by atoms with E-state index in [1.165, 1.54) is 12.1 Å². The van der Waals surface area contributed by atoms with E-state index in [2.05, 4.69) is 15.6 Å². The zero-order valence-corrected chi connectivity index (χ0v) is 16.4. The minimum Gasteiger partial charge on any atom is -0.489 e. The third-order valence-electron chi connectivity index (χ3n) is 4.37. The number of hydrogen-bond acceptors (Lipinski definition) is 4. The van der Waals surface area contributed by atoms with Crippen molar-refractivity contribution in [3.8, 4) is 5.75 Å². The van der Waals surface area contributed by atoms with Gasteiger partial charge < -0.3 is 24.8 Å². The molecular weight excluding hydrogens is 349 g/mol. The van der Waals surface area contributed by atoms with Crippen LogP contribution in [0.2, 0.25) is 0 Å². The molecule has 1 fully saturated rings.